The molecule has 0 radical (unpaired) electrons. The molecule has 0 aromatic heterocycles. The van der Waals surface area contributed by atoms with Crippen LogP contribution in [0.5, 0.6) is 0 Å². The Kier molecular flexibility index (Phi) is 4.43. The van der Waals surface area contributed by atoms with E-state index in [1.165, 1.54) is 0 Å². The predicted molar refractivity (Wildman–Crippen MR) is 83.8 cm³/mol. The molecule has 3 atom stereocenters. The van der Waals surface area contributed by atoms with Gasteiger partial charge in [-0.2, -0.15) is 0 Å². The summed E-state index contributed by atoms with van der Waals surface area (Å²) in [4.78, 5) is 26.7. The van der Waals surface area contributed by atoms with Gasteiger partial charge in [0.05, 0.1) is 0 Å². The molecule has 1 aromatic carbocycles. The Labute approximate surface area is 130 Å². The third-order valence-corrected chi connectivity index (χ3v) is 4.80. The second-order valence-corrected chi connectivity index (χ2v) is 6.25. The third-order valence-electron chi connectivity index (χ3n) is 4.80. The molecule has 0 bridgehead atoms. The largest absolute Gasteiger partial charge is 0.352 e. The summed E-state index contributed by atoms with van der Waals surface area (Å²) < 4.78 is 0. The fourth-order valence-electron chi connectivity index (χ4n) is 3.56. The molecule has 1 aliphatic heterocycles. The van der Waals surface area contributed by atoms with Gasteiger partial charge >= 0.3 is 0 Å². The minimum atomic E-state index is -0.514. The van der Waals surface area contributed by atoms with Crippen LogP contribution < -0.4 is 11.1 Å². The summed E-state index contributed by atoms with van der Waals surface area (Å²) in [6.45, 7) is 1.08. The Morgan fingerprint density at radius 3 is 2.73 bits per heavy atom. The topological polar surface area (TPSA) is 75.4 Å². The highest BCUT2D eigenvalue weighted by Crippen LogP contribution is 2.30. The monoisotopic (exact) mass is 301 g/mol. The molecule has 3 rings (SSSR count). The van der Waals surface area contributed by atoms with Gasteiger partial charge in [0.1, 0.15) is 6.04 Å². The summed E-state index contributed by atoms with van der Waals surface area (Å²) in [5, 5.41) is 2.86. The van der Waals surface area contributed by atoms with E-state index in [0.717, 1.165) is 24.8 Å². The Bertz CT molecular complexity index is 546. The Morgan fingerprint density at radius 1 is 1.27 bits per heavy atom. The molecule has 1 aliphatic carbocycles. The van der Waals surface area contributed by atoms with E-state index in [2.05, 4.69) is 5.32 Å². The third kappa shape index (κ3) is 2.99. The van der Waals surface area contributed by atoms with Crippen LogP contribution in [0.4, 0.5) is 0 Å². The molecule has 1 saturated carbocycles. The first-order chi connectivity index (χ1) is 10.7. The highest BCUT2D eigenvalue weighted by molar-refractivity contribution is 5.89. The van der Waals surface area contributed by atoms with Crippen LogP contribution in [0.2, 0.25) is 0 Å². The number of hydrogen-bond donors (Lipinski definition) is 2. The molecule has 2 fully saturated rings. The SMILES string of the molecule is N[C@@H]1CCC[C@H]1CC(=O)N1CCNC(=O)C1c1ccccc1. The maximum Gasteiger partial charge on any atom is 0.247 e. The van der Waals surface area contributed by atoms with Gasteiger partial charge in [-0.3, -0.25) is 9.59 Å². The Balaban J connectivity index is 1.77. The zero-order chi connectivity index (χ0) is 15.5. The first kappa shape index (κ1) is 15.0. The quantitative estimate of drug-likeness (QED) is 0.881. The second-order valence-electron chi connectivity index (χ2n) is 6.25. The molecular weight excluding hydrogens is 278 g/mol. The Hall–Kier alpha value is -1.88. The number of nitrogens with two attached hydrogens (primary N) is 1. The van der Waals surface area contributed by atoms with Crippen molar-refractivity contribution < 1.29 is 9.59 Å². The van der Waals surface area contributed by atoms with Gasteiger partial charge in [0.25, 0.3) is 0 Å². The molecule has 2 amide bonds. The number of carbonyl (C=O) groups is 2. The number of hydrogen-bond acceptors (Lipinski definition) is 3. The standard InChI is InChI=1S/C17H23N3O2/c18-14-8-4-7-13(14)11-15(21)20-10-9-19-17(22)16(20)12-5-2-1-3-6-12/h1-3,5-6,13-14,16H,4,7-11,18H2,(H,19,22)/t13-,14+,16?/m0/s1. The molecule has 5 nitrogen and oxygen atoms in total. The van der Waals surface area contributed by atoms with Gasteiger partial charge in [-0.05, 0) is 24.3 Å². The lowest BCUT2D eigenvalue weighted by molar-refractivity contribution is -0.144. The van der Waals surface area contributed by atoms with Crippen molar-refractivity contribution in [3.05, 3.63) is 35.9 Å². The van der Waals surface area contributed by atoms with E-state index < -0.39 is 6.04 Å². The van der Waals surface area contributed by atoms with Crippen molar-refractivity contribution in [2.45, 2.75) is 37.8 Å². The molecule has 1 unspecified atom stereocenters. The molecule has 118 valence electrons. The lowest BCUT2D eigenvalue weighted by Gasteiger charge is -2.36. The van der Waals surface area contributed by atoms with E-state index in [1.807, 2.05) is 30.3 Å². The van der Waals surface area contributed by atoms with Crippen molar-refractivity contribution in [2.75, 3.05) is 13.1 Å². The number of nitrogens with one attached hydrogen (secondary N) is 1. The average Bonchev–Trinajstić information content (AvgIpc) is 2.93. The van der Waals surface area contributed by atoms with E-state index in [0.29, 0.717) is 19.5 Å². The highest BCUT2D eigenvalue weighted by Gasteiger charge is 2.36. The zero-order valence-electron chi connectivity index (χ0n) is 12.7. The van der Waals surface area contributed by atoms with Crippen molar-refractivity contribution in [3.63, 3.8) is 0 Å². The minimum Gasteiger partial charge on any atom is -0.352 e. The molecule has 22 heavy (non-hydrogen) atoms. The van der Waals surface area contributed by atoms with Crippen molar-refractivity contribution in [3.8, 4) is 0 Å². The van der Waals surface area contributed by atoms with E-state index in [4.69, 9.17) is 5.73 Å². The summed E-state index contributed by atoms with van der Waals surface area (Å²) in [5.41, 5.74) is 6.94. The molecule has 1 aromatic rings. The second kappa shape index (κ2) is 6.48. The van der Waals surface area contributed by atoms with E-state index >= 15 is 0 Å². The van der Waals surface area contributed by atoms with Gasteiger partial charge in [0, 0.05) is 25.6 Å². The van der Waals surface area contributed by atoms with Crippen molar-refractivity contribution in [1.29, 1.82) is 0 Å². The van der Waals surface area contributed by atoms with Crippen molar-refractivity contribution >= 4 is 11.8 Å². The van der Waals surface area contributed by atoms with Crippen LogP contribution in [0.3, 0.4) is 0 Å². The summed E-state index contributed by atoms with van der Waals surface area (Å²) in [7, 11) is 0. The van der Waals surface area contributed by atoms with Crippen LogP contribution >= 0.6 is 0 Å². The first-order valence-corrected chi connectivity index (χ1v) is 8.04. The summed E-state index contributed by atoms with van der Waals surface area (Å²) in [6, 6.07) is 9.11. The van der Waals surface area contributed by atoms with Crippen LogP contribution in [0.1, 0.15) is 37.3 Å². The number of amides is 2. The van der Waals surface area contributed by atoms with E-state index in [9.17, 15) is 9.59 Å². The maximum atomic E-state index is 12.7. The fraction of sp³-hybridized carbons (Fsp3) is 0.529. The molecule has 1 saturated heterocycles. The number of rotatable bonds is 3. The Morgan fingerprint density at radius 2 is 2.05 bits per heavy atom. The van der Waals surface area contributed by atoms with Gasteiger partial charge < -0.3 is 16.0 Å². The molecule has 2 aliphatic rings. The van der Waals surface area contributed by atoms with Gasteiger partial charge in [-0.25, -0.2) is 0 Å². The average molecular weight is 301 g/mol. The summed E-state index contributed by atoms with van der Waals surface area (Å²) >= 11 is 0. The number of benzene rings is 1. The lowest BCUT2D eigenvalue weighted by Crippen LogP contribution is -2.52. The number of nitrogens with zero attached hydrogens (tertiary/aromatic N) is 1. The van der Waals surface area contributed by atoms with Gasteiger partial charge in [0.2, 0.25) is 11.8 Å². The van der Waals surface area contributed by atoms with Gasteiger partial charge in [0.15, 0.2) is 0 Å². The first-order valence-electron chi connectivity index (χ1n) is 8.04. The van der Waals surface area contributed by atoms with Crippen LogP contribution in [-0.4, -0.2) is 35.8 Å². The van der Waals surface area contributed by atoms with E-state index in [-0.39, 0.29) is 23.8 Å². The molecule has 0 spiro atoms. The number of piperazine rings is 1. The van der Waals surface area contributed by atoms with Crippen LogP contribution in [0.25, 0.3) is 0 Å². The van der Waals surface area contributed by atoms with Crippen molar-refractivity contribution in [1.82, 2.24) is 10.2 Å². The minimum absolute atomic E-state index is 0.0473. The van der Waals surface area contributed by atoms with E-state index in [1.54, 1.807) is 4.90 Å². The van der Waals surface area contributed by atoms with Gasteiger partial charge in [-0.1, -0.05) is 36.8 Å². The molecular formula is C17H23N3O2. The zero-order valence-corrected chi connectivity index (χ0v) is 12.7. The predicted octanol–water partition coefficient (Wildman–Crippen LogP) is 1.20. The molecule has 5 heteroatoms. The fourth-order valence-corrected chi connectivity index (χ4v) is 3.56. The maximum absolute atomic E-state index is 12.7. The normalized spacial score (nSPS) is 28.5. The summed E-state index contributed by atoms with van der Waals surface area (Å²) in [6.07, 6.45) is 3.57. The van der Waals surface area contributed by atoms with Crippen LogP contribution in [0.15, 0.2) is 30.3 Å². The number of carbonyl (C=O) groups excluding carboxylic acids is 2. The van der Waals surface area contributed by atoms with Gasteiger partial charge in [-0.15, -0.1) is 0 Å². The molecule has 1 heterocycles. The lowest BCUT2D eigenvalue weighted by atomic mass is 9.97. The van der Waals surface area contributed by atoms with Crippen molar-refractivity contribution in [2.24, 2.45) is 11.7 Å². The molecule has 3 N–H and O–H groups in total. The highest BCUT2D eigenvalue weighted by atomic mass is 16.2. The smallest absolute Gasteiger partial charge is 0.247 e. The van der Waals surface area contributed by atoms with Crippen LogP contribution in [0, 0.1) is 5.92 Å². The van der Waals surface area contributed by atoms with Crippen LogP contribution in [-0.2, 0) is 9.59 Å². The summed E-state index contributed by atoms with van der Waals surface area (Å²) in [5.74, 6) is 0.210.